The number of amides is 1. The largest absolute Gasteiger partial charge is 0.349 e. The van der Waals surface area contributed by atoms with Crippen molar-refractivity contribution >= 4 is 15.9 Å². The fraction of sp³-hybridized carbons (Fsp3) is 0.455. The van der Waals surface area contributed by atoms with E-state index in [9.17, 15) is 13.2 Å². The summed E-state index contributed by atoms with van der Waals surface area (Å²) < 4.78 is 28.2. The number of nitrogens with one attached hydrogen (secondary N) is 2. The minimum absolute atomic E-state index is 0.105. The van der Waals surface area contributed by atoms with Crippen molar-refractivity contribution in [1.82, 2.24) is 15.0 Å². The topological polar surface area (TPSA) is 88.2 Å². The van der Waals surface area contributed by atoms with E-state index in [-0.39, 0.29) is 29.3 Å². The molecule has 0 saturated heterocycles. The van der Waals surface area contributed by atoms with Crippen molar-refractivity contribution < 1.29 is 13.2 Å². The first-order valence-corrected chi connectivity index (χ1v) is 11.8. The molecule has 2 aliphatic rings. The van der Waals surface area contributed by atoms with Gasteiger partial charge in [0.2, 0.25) is 15.9 Å². The van der Waals surface area contributed by atoms with Crippen LogP contribution in [0.4, 0.5) is 0 Å². The molecule has 2 aliphatic carbocycles. The highest BCUT2D eigenvalue weighted by Gasteiger charge is 2.29. The predicted molar refractivity (Wildman–Crippen MR) is 111 cm³/mol. The Morgan fingerprint density at radius 3 is 2.69 bits per heavy atom. The maximum Gasteiger partial charge on any atom is 0.240 e. The van der Waals surface area contributed by atoms with Crippen LogP contribution in [0.2, 0.25) is 0 Å². The average Bonchev–Trinajstić information content (AvgIpc) is 3.37. The van der Waals surface area contributed by atoms with Crippen molar-refractivity contribution in [2.24, 2.45) is 5.92 Å². The number of rotatable bonds is 6. The molecule has 7 heteroatoms. The molecule has 1 aromatic carbocycles. The van der Waals surface area contributed by atoms with Gasteiger partial charge in [-0.05, 0) is 68.0 Å². The molecule has 2 N–H and O–H groups in total. The predicted octanol–water partition coefficient (Wildman–Crippen LogP) is 3.16. The third-order valence-electron chi connectivity index (χ3n) is 5.94. The Morgan fingerprint density at radius 2 is 1.93 bits per heavy atom. The molecular weight excluding hydrogens is 386 g/mol. The fourth-order valence-electron chi connectivity index (χ4n) is 4.33. The minimum Gasteiger partial charge on any atom is -0.349 e. The smallest absolute Gasteiger partial charge is 0.240 e. The zero-order valence-corrected chi connectivity index (χ0v) is 17.5. The molecule has 1 atom stereocenters. The fourth-order valence-corrected chi connectivity index (χ4v) is 5.36. The molecule has 29 heavy (non-hydrogen) atoms. The number of sulfonamides is 1. The average molecular weight is 414 g/mol. The summed E-state index contributed by atoms with van der Waals surface area (Å²) >= 11 is 0. The Kier molecular flexibility index (Phi) is 5.69. The summed E-state index contributed by atoms with van der Waals surface area (Å²) in [6, 6.07) is 10.7. The highest BCUT2D eigenvalue weighted by Crippen LogP contribution is 2.34. The van der Waals surface area contributed by atoms with Gasteiger partial charge in [0.1, 0.15) is 0 Å². The Hall–Kier alpha value is -2.25. The first kappa shape index (κ1) is 20.0. The van der Waals surface area contributed by atoms with Gasteiger partial charge in [-0.15, -0.1) is 0 Å². The minimum atomic E-state index is -3.66. The summed E-state index contributed by atoms with van der Waals surface area (Å²) in [6.07, 6.45) is 5.81. The molecule has 0 bridgehead atoms. The second kappa shape index (κ2) is 8.24. The van der Waals surface area contributed by atoms with Crippen LogP contribution in [0.3, 0.4) is 0 Å². The van der Waals surface area contributed by atoms with Gasteiger partial charge in [0.15, 0.2) is 0 Å². The van der Waals surface area contributed by atoms with Gasteiger partial charge >= 0.3 is 0 Å². The monoisotopic (exact) mass is 413 g/mol. The van der Waals surface area contributed by atoms with Crippen molar-refractivity contribution in [3.05, 3.63) is 58.9 Å². The van der Waals surface area contributed by atoms with Gasteiger partial charge in [-0.25, -0.2) is 13.1 Å². The zero-order chi connectivity index (χ0) is 20.4. The number of aromatic nitrogens is 1. The molecule has 0 aliphatic heterocycles. The van der Waals surface area contributed by atoms with E-state index in [0.717, 1.165) is 55.3 Å². The Balaban J connectivity index is 1.48. The quantitative estimate of drug-likeness (QED) is 0.761. The van der Waals surface area contributed by atoms with Gasteiger partial charge < -0.3 is 5.32 Å². The lowest BCUT2D eigenvalue weighted by Gasteiger charge is -2.18. The first-order chi connectivity index (χ1) is 13.9. The number of hydrogen-bond donors (Lipinski definition) is 2. The highest BCUT2D eigenvalue weighted by molar-refractivity contribution is 7.89. The van der Waals surface area contributed by atoms with E-state index in [2.05, 4.69) is 15.0 Å². The standard InChI is InChI=1S/C22H27N3O3S/c1-15-5-4-8-18(24-15)14-23-29(27,28)19-11-9-16-10-12-21(20(16)13-19)25-22(26)17-6-2-3-7-17/h4-5,8-9,11,13,17,21,23H,2-3,6-7,10,12,14H2,1H3,(H,25,26). The van der Waals surface area contributed by atoms with Gasteiger partial charge in [-0.1, -0.05) is 25.0 Å². The van der Waals surface area contributed by atoms with Crippen molar-refractivity contribution in [3.8, 4) is 0 Å². The van der Waals surface area contributed by atoms with Crippen molar-refractivity contribution in [2.75, 3.05) is 0 Å². The number of nitrogens with zero attached hydrogens (tertiary/aromatic N) is 1. The molecule has 1 fully saturated rings. The lowest BCUT2D eigenvalue weighted by molar-refractivity contribution is -0.125. The van der Waals surface area contributed by atoms with Crippen molar-refractivity contribution in [1.29, 1.82) is 0 Å². The molecule has 4 rings (SSSR count). The Labute approximate surface area is 172 Å². The summed E-state index contributed by atoms with van der Waals surface area (Å²) in [4.78, 5) is 17.1. The molecule has 1 saturated carbocycles. The lowest BCUT2D eigenvalue weighted by Crippen LogP contribution is -2.32. The van der Waals surface area contributed by atoms with Gasteiger partial charge in [-0.2, -0.15) is 0 Å². The van der Waals surface area contributed by atoms with E-state index >= 15 is 0 Å². The van der Waals surface area contributed by atoms with Crippen LogP contribution in [0.25, 0.3) is 0 Å². The molecule has 1 unspecified atom stereocenters. The second-order valence-electron chi connectivity index (χ2n) is 8.04. The molecule has 0 radical (unpaired) electrons. The molecule has 1 amide bonds. The van der Waals surface area contributed by atoms with Gasteiger partial charge in [0.05, 0.1) is 23.2 Å². The SMILES string of the molecule is Cc1cccc(CNS(=O)(=O)c2ccc3c(c2)C(NC(=O)C2CCCC2)CC3)n1. The van der Waals surface area contributed by atoms with Crippen LogP contribution in [-0.4, -0.2) is 19.3 Å². The molecule has 2 aromatic rings. The van der Waals surface area contributed by atoms with E-state index in [1.807, 2.05) is 25.1 Å². The number of benzene rings is 1. The summed E-state index contributed by atoms with van der Waals surface area (Å²) in [5.74, 6) is 0.215. The highest BCUT2D eigenvalue weighted by atomic mass is 32.2. The van der Waals surface area contributed by atoms with E-state index in [1.54, 1.807) is 18.2 Å². The number of hydrogen-bond acceptors (Lipinski definition) is 4. The van der Waals surface area contributed by atoms with Gasteiger partial charge in [0.25, 0.3) is 0 Å². The number of fused-ring (bicyclic) bond motifs is 1. The van der Waals surface area contributed by atoms with Crippen molar-refractivity contribution in [3.63, 3.8) is 0 Å². The van der Waals surface area contributed by atoms with E-state index in [1.165, 1.54) is 0 Å². The third-order valence-corrected chi connectivity index (χ3v) is 7.34. The van der Waals surface area contributed by atoms with Gasteiger partial charge in [-0.3, -0.25) is 9.78 Å². The van der Waals surface area contributed by atoms with Crippen LogP contribution in [-0.2, 0) is 27.8 Å². The Morgan fingerprint density at radius 1 is 1.14 bits per heavy atom. The van der Waals surface area contributed by atoms with Crippen LogP contribution in [0.15, 0.2) is 41.3 Å². The van der Waals surface area contributed by atoms with E-state index in [4.69, 9.17) is 0 Å². The van der Waals surface area contributed by atoms with Gasteiger partial charge in [0, 0.05) is 11.6 Å². The molecule has 6 nitrogen and oxygen atoms in total. The summed E-state index contributed by atoms with van der Waals surface area (Å²) in [7, 11) is -3.66. The van der Waals surface area contributed by atoms with Crippen LogP contribution >= 0.6 is 0 Å². The molecule has 1 heterocycles. The third kappa shape index (κ3) is 4.51. The number of pyridine rings is 1. The summed E-state index contributed by atoms with van der Waals surface area (Å²) in [6.45, 7) is 2.02. The number of aryl methyl sites for hydroxylation is 2. The van der Waals surface area contributed by atoms with Crippen LogP contribution < -0.4 is 10.0 Å². The normalized spacial score (nSPS) is 19.3. The van der Waals surface area contributed by atoms with Crippen LogP contribution in [0.1, 0.15) is 60.7 Å². The number of carbonyl (C=O) groups is 1. The van der Waals surface area contributed by atoms with Crippen molar-refractivity contribution in [2.45, 2.75) is 62.9 Å². The van der Waals surface area contributed by atoms with E-state index < -0.39 is 10.0 Å². The molecule has 154 valence electrons. The summed E-state index contributed by atoms with van der Waals surface area (Å²) in [5.41, 5.74) is 3.56. The molecule has 0 spiro atoms. The Bertz CT molecular complexity index is 1010. The second-order valence-corrected chi connectivity index (χ2v) is 9.80. The first-order valence-electron chi connectivity index (χ1n) is 10.3. The number of carbonyl (C=O) groups excluding carboxylic acids is 1. The van der Waals surface area contributed by atoms with Crippen LogP contribution in [0, 0.1) is 12.8 Å². The lowest BCUT2D eigenvalue weighted by atomic mass is 10.0. The molecule has 1 aromatic heterocycles. The summed E-state index contributed by atoms with van der Waals surface area (Å²) in [5, 5.41) is 3.16. The zero-order valence-electron chi connectivity index (χ0n) is 16.6. The maximum atomic E-state index is 12.8. The van der Waals surface area contributed by atoms with Crippen LogP contribution in [0.5, 0.6) is 0 Å². The maximum absolute atomic E-state index is 12.8. The molecular formula is C22H27N3O3S. The van der Waals surface area contributed by atoms with E-state index in [0.29, 0.717) is 5.69 Å².